The van der Waals surface area contributed by atoms with E-state index in [0.717, 1.165) is 5.59 Å². The number of pyridine rings is 1. The Hall–Kier alpha value is -1.57. The van der Waals surface area contributed by atoms with Crippen molar-refractivity contribution in [1.82, 2.24) is 4.98 Å². The lowest BCUT2D eigenvalue weighted by Gasteiger charge is -2.01. The van der Waals surface area contributed by atoms with Gasteiger partial charge in [-0.3, -0.25) is 4.98 Å². The van der Waals surface area contributed by atoms with E-state index in [9.17, 15) is 0 Å². The molecule has 0 N–H and O–H groups in total. The van der Waals surface area contributed by atoms with Crippen LogP contribution in [0.15, 0.2) is 48.7 Å². The monoisotopic (exact) mass is 167 g/mol. The van der Waals surface area contributed by atoms with Crippen molar-refractivity contribution in [2.75, 3.05) is 0 Å². The van der Waals surface area contributed by atoms with Gasteiger partial charge in [-0.15, -0.1) is 0 Å². The SMILES string of the molecule is Bc1cc(-c2ccccc2)ccn1. The molecular weight excluding hydrogens is 157 g/mol. The van der Waals surface area contributed by atoms with Crippen LogP contribution in [0.2, 0.25) is 0 Å². The summed E-state index contributed by atoms with van der Waals surface area (Å²) in [7, 11) is 2.01. The summed E-state index contributed by atoms with van der Waals surface area (Å²) < 4.78 is 0. The van der Waals surface area contributed by atoms with E-state index >= 15 is 0 Å². The quantitative estimate of drug-likeness (QED) is 0.577. The minimum atomic E-state index is 1.06. The van der Waals surface area contributed by atoms with Crippen molar-refractivity contribution in [2.45, 2.75) is 0 Å². The summed E-state index contributed by atoms with van der Waals surface area (Å²) in [6, 6.07) is 14.5. The highest BCUT2D eigenvalue weighted by atomic mass is 14.6. The lowest BCUT2D eigenvalue weighted by atomic mass is 9.99. The van der Waals surface area contributed by atoms with Crippen LogP contribution in [0.25, 0.3) is 11.1 Å². The normalized spacial score (nSPS) is 9.85. The molecule has 0 aliphatic heterocycles. The molecule has 1 aromatic heterocycles. The largest absolute Gasteiger partial charge is 0.272 e. The van der Waals surface area contributed by atoms with E-state index in [2.05, 4.69) is 23.2 Å². The summed E-state index contributed by atoms with van der Waals surface area (Å²) in [5, 5.41) is 0. The maximum Gasteiger partial charge on any atom is 0.163 e. The van der Waals surface area contributed by atoms with Crippen molar-refractivity contribution in [3.63, 3.8) is 0 Å². The molecule has 0 amide bonds. The summed E-state index contributed by atoms with van der Waals surface area (Å²) in [5.41, 5.74) is 3.53. The Labute approximate surface area is 78.9 Å². The Balaban J connectivity index is 2.48. The van der Waals surface area contributed by atoms with E-state index in [4.69, 9.17) is 0 Å². The van der Waals surface area contributed by atoms with Crippen LogP contribution >= 0.6 is 0 Å². The van der Waals surface area contributed by atoms with Crippen LogP contribution < -0.4 is 5.59 Å². The third kappa shape index (κ3) is 1.78. The average molecular weight is 167 g/mol. The highest BCUT2D eigenvalue weighted by Gasteiger charge is 1.95. The molecule has 0 aliphatic carbocycles. The van der Waals surface area contributed by atoms with E-state index in [1.165, 1.54) is 11.1 Å². The Morgan fingerprint density at radius 1 is 0.923 bits per heavy atom. The van der Waals surface area contributed by atoms with Gasteiger partial charge < -0.3 is 0 Å². The summed E-state index contributed by atoms with van der Waals surface area (Å²) >= 11 is 0. The molecule has 2 rings (SSSR count). The van der Waals surface area contributed by atoms with Gasteiger partial charge in [0, 0.05) is 6.20 Å². The summed E-state index contributed by atoms with van der Waals surface area (Å²) in [5.74, 6) is 0. The highest BCUT2D eigenvalue weighted by molar-refractivity contribution is 6.30. The Kier molecular flexibility index (Phi) is 2.13. The second-order valence-corrected chi connectivity index (χ2v) is 3.05. The molecule has 0 saturated carbocycles. The fourth-order valence-corrected chi connectivity index (χ4v) is 1.36. The predicted molar refractivity (Wildman–Crippen MR) is 57.9 cm³/mol. The van der Waals surface area contributed by atoms with Gasteiger partial charge in [-0.2, -0.15) is 0 Å². The maximum absolute atomic E-state index is 4.17. The molecule has 0 radical (unpaired) electrons. The van der Waals surface area contributed by atoms with Gasteiger partial charge in [0.05, 0.1) is 0 Å². The molecule has 0 bridgehead atoms. The summed E-state index contributed by atoms with van der Waals surface area (Å²) in [6.45, 7) is 0. The standard InChI is InChI=1S/C11H10BN/c12-11-8-10(6-7-13-11)9-4-2-1-3-5-9/h1-8H,12H2. The number of rotatable bonds is 1. The van der Waals surface area contributed by atoms with Crippen molar-refractivity contribution in [3.8, 4) is 11.1 Å². The first-order chi connectivity index (χ1) is 6.36. The third-order valence-electron chi connectivity index (χ3n) is 2.00. The zero-order valence-electron chi connectivity index (χ0n) is 7.57. The first-order valence-corrected chi connectivity index (χ1v) is 4.34. The molecule has 62 valence electrons. The van der Waals surface area contributed by atoms with Crippen molar-refractivity contribution in [1.29, 1.82) is 0 Å². The van der Waals surface area contributed by atoms with Gasteiger partial charge >= 0.3 is 0 Å². The topological polar surface area (TPSA) is 12.9 Å². The minimum absolute atomic E-state index is 1.06. The van der Waals surface area contributed by atoms with Crippen molar-refractivity contribution >= 4 is 13.4 Å². The van der Waals surface area contributed by atoms with Gasteiger partial charge in [-0.05, 0) is 28.9 Å². The van der Waals surface area contributed by atoms with Crippen molar-refractivity contribution in [3.05, 3.63) is 48.7 Å². The molecule has 1 heterocycles. The second kappa shape index (κ2) is 3.44. The fraction of sp³-hybridized carbons (Fsp3) is 0. The van der Waals surface area contributed by atoms with E-state index in [0.29, 0.717) is 0 Å². The molecule has 1 aromatic carbocycles. The average Bonchev–Trinajstić information content (AvgIpc) is 2.19. The van der Waals surface area contributed by atoms with Gasteiger partial charge in [0.1, 0.15) is 0 Å². The van der Waals surface area contributed by atoms with Crippen molar-refractivity contribution in [2.24, 2.45) is 0 Å². The van der Waals surface area contributed by atoms with Gasteiger partial charge in [-0.1, -0.05) is 30.3 Å². The summed E-state index contributed by atoms with van der Waals surface area (Å²) in [6.07, 6.45) is 1.84. The number of hydrogen-bond acceptors (Lipinski definition) is 1. The fourth-order valence-electron chi connectivity index (χ4n) is 1.36. The van der Waals surface area contributed by atoms with Gasteiger partial charge in [0.25, 0.3) is 0 Å². The molecule has 0 fully saturated rings. The first kappa shape index (κ1) is 8.05. The van der Waals surface area contributed by atoms with E-state index in [1.807, 2.05) is 38.3 Å². The second-order valence-electron chi connectivity index (χ2n) is 3.05. The molecule has 13 heavy (non-hydrogen) atoms. The van der Waals surface area contributed by atoms with E-state index < -0.39 is 0 Å². The van der Waals surface area contributed by atoms with E-state index in [1.54, 1.807) is 0 Å². The number of hydrogen-bond donors (Lipinski definition) is 0. The smallest absolute Gasteiger partial charge is 0.163 e. The molecule has 2 heteroatoms. The molecule has 0 atom stereocenters. The van der Waals surface area contributed by atoms with E-state index in [-0.39, 0.29) is 0 Å². The highest BCUT2D eigenvalue weighted by Crippen LogP contribution is 2.15. The van der Waals surface area contributed by atoms with Crippen LogP contribution in [0.1, 0.15) is 0 Å². The number of nitrogens with zero attached hydrogens (tertiary/aromatic N) is 1. The van der Waals surface area contributed by atoms with Crippen LogP contribution in [-0.4, -0.2) is 12.8 Å². The van der Waals surface area contributed by atoms with Gasteiger partial charge in [-0.25, -0.2) is 0 Å². The van der Waals surface area contributed by atoms with Crippen LogP contribution in [0.4, 0.5) is 0 Å². The maximum atomic E-state index is 4.17. The van der Waals surface area contributed by atoms with Gasteiger partial charge in [0.2, 0.25) is 0 Å². The van der Waals surface area contributed by atoms with Crippen LogP contribution in [0.3, 0.4) is 0 Å². The predicted octanol–water partition coefficient (Wildman–Crippen LogP) is 1.01. The lowest BCUT2D eigenvalue weighted by Crippen LogP contribution is -2.06. The molecule has 2 aromatic rings. The van der Waals surface area contributed by atoms with Gasteiger partial charge in [0.15, 0.2) is 7.85 Å². The van der Waals surface area contributed by atoms with Crippen LogP contribution in [0, 0.1) is 0 Å². The number of aromatic nitrogens is 1. The molecule has 0 saturated heterocycles. The molecular formula is C11H10BN. The Morgan fingerprint density at radius 2 is 1.69 bits per heavy atom. The number of benzene rings is 1. The third-order valence-corrected chi connectivity index (χ3v) is 2.00. The van der Waals surface area contributed by atoms with Crippen LogP contribution in [-0.2, 0) is 0 Å². The molecule has 0 spiro atoms. The zero-order chi connectivity index (χ0) is 9.10. The zero-order valence-corrected chi connectivity index (χ0v) is 7.57. The molecule has 0 unspecified atom stereocenters. The molecule has 1 nitrogen and oxygen atoms in total. The first-order valence-electron chi connectivity index (χ1n) is 4.34. The minimum Gasteiger partial charge on any atom is -0.272 e. The molecule has 0 aliphatic rings. The Bertz CT molecular complexity index is 398. The summed E-state index contributed by atoms with van der Waals surface area (Å²) in [4.78, 5) is 4.17. The Morgan fingerprint density at radius 3 is 2.38 bits per heavy atom. The lowest BCUT2D eigenvalue weighted by molar-refractivity contribution is 1.39. The van der Waals surface area contributed by atoms with Crippen molar-refractivity contribution < 1.29 is 0 Å². The van der Waals surface area contributed by atoms with Crippen LogP contribution in [0.5, 0.6) is 0 Å².